The molecule has 114 valence electrons. The van der Waals surface area contributed by atoms with Gasteiger partial charge in [0.15, 0.2) is 0 Å². The fraction of sp³-hybridized carbons (Fsp3) is 1.00. The van der Waals surface area contributed by atoms with Crippen LogP contribution in [-0.2, 0) is 0 Å². The van der Waals surface area contributed by atoms with E-state index in [2.05, 4.69) is 37.9 Å². The molecular formula is C16H34N2O. The van der Waals surface area contributed by atoms with Crippen molar-refractivity contribution in [2.45, 2.75) is 83.8 Å². The van der Waals surface area contributed by atoms with E-state index in [1.165, 1.54) is 32.2 Å². The first kappa shape index (κ1) is 16.9. The molecule has 1 aliphatic heterocycles. The van der Waals surface area contributed by atoms with Gasteiger partial charge < -0.3 is 10.4 Å². The van der Waals surface area contributed by atoms with Crippen LogP contribution in [0.15, 0.2) is 0 Å². The third-order valence-electron chi connectivity index (χ3n) is 4.98. The molecule has 1 aliphatic rings. The fourth-order valence-electron chi connectivity index (χ4n) is 3.53. The largest absolute Gasteiger partial charge is 0.394 e. The van der Waals surface area contributed by atoms with Crippen LogP contribution in [0.4, 0.5) is 0 Å². The van der Waals surface area contributed by atoms with Gasteiger partial charge in [-0.05, 0) is 59.0 Å². The average Bonchev–Trinajstić information content (AvgIpc) is 2.41. The second kappa shape index (κ2) is 8.23. The summed E-state index contributed by atoms with van der Waals surface area (Å²) in [7, 11) is 0. The second-order valence-electron chi connectivity index (χ2n) is 6.29. The fourth-order valence-corrected chi connectivity index (χ4v) is 3.53. The van der Waals surface area contributed by atoms with Crippen molar-refractivity contribution in [1.82, 2.24) is 10.2 Å². The molecule has 19 heavy (non-hydrogen) atoms. The Bertz CT molecular complexity index is 231. The highest BCUT2D eigenvalue weighted by atomic mass is 16.3. The summed E-state index contributed by atoms with van der Waals surface area (Å²) in [6.07, 6.45) is 7.32. The third-order valence-corrected chi connectivity index (χ3v) is 4.98. The molecule has 0 aromatic heterocycles. The lowest BCUT2D eigenvalue weighted by atomic mass is 9.90. The normalized spacial score (nSPS) is 28.3. The summed E-state index contributed by atoms with van der Waals surface area (Å²) >= 11 is 0. The summed E-state index contributed by atoms with van der Waals surface area (Å²) in [4.78, 5) is 2.66. The molecule has 0 aromatic carbocycles. The van der Waals surface area contributed by atoms with Gasteiger partial charge in [0.05, 0.1) is 6.61 Å². The number of nitrogens with zero attached hydrogens (tertiary/aromatic N) is 1. The molecule has 0 aliphatic carbocycles. The number of aliphatic hydroxyl groups excluding tert-OH is 1. The van der Waals surface area contributed by atoms with Gasteiger partial charge in [0, 0.05) is 17.6 Å². The van der Waals surface area contributed by atoms with Gasteiger partial charge in [0.1, 0.15) is 0 Å². The predicted molar refractivity (Wildman–Crippen MR) is 82.5 cm³/mol. The molecule has 0 amide bonds. The molecule has 1 saturated heterocycles. The van der Waals surface area contributed by atoms with Crippen molar-refractivity contribution in [2.75, 3.05) is 19.7 Å². The molecule has 0 aromatic rings. The van der Waals surface area contributed by atoms with Gasteiger partial charge >= 0.3 is 0 Å². The van der Waals surface area contributed by atoms with Gasteiger partial charge in [-0.25, -0.2) is 0 Å². The predicted octanol–water partition coefficient (Wildman–Crippen LogP) is 2.78. The number of hydrogen-bond acceptors (Lipinski definition) is 3. The molecular weight excluding hydrogens is 236 g/mol. The van der Waals surface area contributed by atoms with Crippen molar-refractivity contribution in [2.24, 2.45) is 0 Å². The van der Waals surface area contributed by atoms with Crippen LogP contribution in [0.25, 0.3) is 0 Å². The van der Waals surface area contributed by atoms with Crippen LogP contribution in [0.5, 0.6) is 0 Å². The Kier molecular flexibility index (Phi) is 7.33. The minimum absolute atomic E-state index is 0.0585. The quantitative estimate of drug-likeness (QED) is 0.712. The van der Waals surface area contributed by atoms with E-state index in [0.29, 0.717) is 0 Å². The lowest BCUT2D eigenvalue weighted by molar-refractivity contribution is 0.0897. The second-order valence-corrected chi connectivity index (χ2v) is 6.29. The number of hydrogen-bond donors (Lipinski definition) is 2. The standard InChI is InChI=1S/C16H34N2O/c1-5-16(13-19,17-6-2)11-8-12-18-14(3)9-7-10-15(18)4/h14-15,17,19H,5-13H2,1-4H3. The van der Waals surface area contributed by atoms with Crippen molar-refractivity contribution in [3.63, 3.8) is 0 Å². The first-order chi connectivity index (χ1) is 9.08. The van der Waals surface area contributed by atoms with Gasteiger partial charge in [-0.1, -0.05) is 20.3 Å². The average molecular weight is 270 g/mol. The summed E-state index contributed by atoms with van der Waals surface area (Å²) in [5, 5.41) is 13.2. The lowest BCUT2D eigenvalue weighted by Crippen LogP contribution is -2.49. The highest BCUT2D eigenvalue weighted by Gasteiger charge is 2.28. The molecule has 3 nitrogen and oxygen atoms in total. The molecule has 0 spiro atoms. The van der Waals surface area contributed by atoms with E-state index in [1.807, 2.05) is 0 Å². The van der Waals surface area contributed by atoms with Crippen molar-refractivity contribution in [3.8, 4) is 0 Å². The first-order valence-electron chi connectivity index (χ1n) is 8.20. The van der Waals surface area contributed by atoms with Crippen molar-refractivity contribution < 1.29 is 5.11 Å². The SMILES string of the molecule is CCNC(CC)(CO)CCCN1C(C)CCCC1C. The summed E-state index contributed by atoms with van der Waals surface area (Å²) < 4.78 is 0. The zero-order valence-electron chi connectivity index (χ0n) is 13.4. The van der Waals surface area contributed by atoms with Gasteiger partial charge in [-0.15, -0.1) is 0 Å². The Morgan fingerprint density at radius 3 is 2.32 bits per heavy atom. The Balaban J connectivity index is 2.42. The molecule has 0 saturated carbocycles. The van der Waals surface area contributed by atoms with Crippen LogP contribution in [0.3, 0.4) is 0 Å². The lowest BCUT2D eigenvalue weighted by Gasteiger charge is -2.40. The third kappa shape index (κ3) is 4.73. The van der Waals surface area contributed by atoms with Gasteiger partial charge in [0.2, 0.25) is 0 Å². The molecule has 0 radical (unpaired) electrons. The van der Waals surface area contributed by atoms with Crippen molar-refractivity contribution >= 4 is 0 Å². The van der Waals surface area contributed by atoms with Gasteiger partial charge in [-0.3, -0.25) is 4.90 Å². The summed E-state index contributed by atoms with van der Waals surface area (Å²) in [6, 6.07) is 1.46. The zero-order chi connectivity index (χ0) is 14.3. The monoisotopic (exact) mass is 270 g/mol. The van der Waals surface area contributed by atoms with E-state index < -0.39 is 0 Å². The number of likely N-dealkylation sites (N-methyl/N-ethyl adjacent to an activating group) is 1. The summed E-state index contributed by atoms with van der Waals surface area (Å²) in [5.74, 6) is 0. The molecule has 0 bridgehead atoms. The maximum absolute atomic E-state index is 9.67. The summed E-state index contributed by atoms with van der Waals surface area (Å²) in [5.41, 5.74) is -0.0585. The van der Waals surface area contributed by atoms with E-state index in [-0.39, 0.29) is 12.1 Å². The Labute approximate surface area is 119 Å². The van der Waals surface area contributed by atoms with Crippen LogP contribution < -0.4 is 5.32 Å². The van der Waals surface area contributed by atoms with Gasteiger partial charge in [-0.2, -0.15) is 0 Å². The minimum atomic E-state index is -0.0585. The van der Waals surface area contributed by atoms with Crippen molar-refractivity contribution in [1.29, 1.82) is 0 Å². The van der Waals surface area contributed by atoms with E-state index in [9.17, 15) is 5.11 Å². The van der Waals surface area contributed by atoms with E-state index >= 15 is 0 Å². The smallest absolute Gasteiger partial charge is 0.0613 e. The number of piperidine rings is 1. The molecule has 2 N–H and O–H groups in total. The zero-order valence-corrected chi connectivity index (χ0v) is 13.4. The van der Waals surface area contributed by atoms with E-state index in [1.54, 1.807) is 0 Å². The van der Waals surface area contributed by atoms with Crippen LogP contribution in [-0.4, -0.2) is 47.3 Å². The van der Waals surface area contributed by atoms with Crippen LogP contribution in [0.1, 0.15) is 66.2 Å². The maximum atomic E-state index is 9.67. The molecule has 3 heteroatoms. The number of likely N-dealkylation sites (tertiary alicyclic amines) is 1. The Morgan fingerprint density at radius 1 is 1.21 bits per heavy atom. The van der Waals surface area contributed by atoms with Crippen LogP contribution in [0, 0.1) is 0 Å². The van der Waals surface area contributed by atoms with Crippen LogP contribution >= 0.6 is 0 Å². The Morgan fingerprint density at radius 2 is 1.84 bits per heavy atom. The number of aliphatic hydroxyl groups is 1. The first-order valence-corrected chi connectivity index (χ1v) is 8.20. The topological polar surface area (TPSA) is 35.5 Å². The summed E-state index contributed by atoms with van der Waals surface area (Å²) in [6.45, 7) is 11.4. The van der Waals surface area contributed by atoms with E-state index in [4.69, 9.17) is 0 Å². The van der Waals surface area contributed by atoms with Crippen molar-refractivity contribution in [3.05, 3.63) is 0 Å². The number of rotatable bonds is 8. The molecule has 3 unspecified atom stereocenters. The van der Waals surface area contributed by atoms with Crippen LogP contribution in [0.2, 0.25) is 0 Å². The Hall–Kier alpha value is -0.120. The molecule has 3 atom stereocenters. The highest BCUT2D eigenvalue weighted by Crippen LogP contribution is 2.24. The molecule has 1 fully saturated rings. The molecule has 1 rings (SSSR count). The minimum Gasteiger partial charge on any atom is -0.394 e. The maximum Gasteiger partial charge on any atom is 0.0613 e. The number of nitrogens with one attached hydrogen (secondary N) is 1. The van der Waals surface area contributed by atoms with E-state index in [0.717, 1.165) is 31.5 Å². The van der Waals surface area contributed by atoms with Gasteiger partial charge in [0.25, 0.3) is 0 Å². The highest BCUT2D eigenvalue weighted by molar-refractivity contribution is 4.87. The molecule has 1 heterocycles.